The molecule has 0 heterocycles. The number of fused-ring (bicyclic) bond motifs is 3. The lowest BCUT2D eigenvalue weighted by Gasteiger charge is -2.30. The van der Waals surface area contributed by atoms with Crippen molar-refractivity contribution in [1.82, 2.24) is 10.6 Å². The summed E-state index contributed by atoms with van der Waals surface area (Å²) in [5, 5.41) is 15.2. The van der Waals surface area contributed by atoms with Crippen LogP contribution in [0.1, 0.15) is 63.0 Å². The van der Waals surface area contributed by atoms with E-state index in [1.807, 2.05) is 38.1 Å². The fourth-order valence-electron chi connectivity index (χ4n) is 5.31. The maximum atomic E-state index is 12.7. The van der Waals surface area contributed by atoms with E-state index in [1.54, 1.807) is 0 Å². The Morgan fingerprint density at radius 1 is 0.971 bits per heavy atom. The zero-order chi connectivity index (χ0) is 24.9. The standard InChI is InChI=1S/C28H34N2O5/c1-17(2)25(15-26(31)29-24-14-8-7-13-22(24)27(32)33)30-28(34)35-16-23-20-11-5-3-9-18(20)19-10-4-6-12-21(19)23/h3-6,9-12,17,22-25H,7-8,13-16H2,1-2H3,(H,29,31)(H,30,34)(H,32,33)/t22?,24?,25-/m1/s1. The number of rotatable bonds is 8. The van der Waals surface area contributed by atoms with Crippen LogP contribution in [-0.2, 0) is 14.3 Å². The van der Waals surface area contributed by atoms with Crippen LogP contribution in [0.15, 0.2) is 48.5 Å². The highest BCUT2D eigenvalue weighted by molar-refractivity contribution is 5.80. The summed E-state index contributed by atoms with van der Waals surface area (Å²) < 4.78 is 5.64. The summed E-state index contributed by atoms with van der Waals surface area (Å²) in [5.74, 6) is -1.70. The number of carbonyl (C=O) groups is 3. The molecular weight excluding hydrogens is 444 g/mol. The topological polar surface area (TPSA) is 105 Å². The van der Waals surface area contributed by atoms with Crippen molar-refractivity contribution in [2.24, 2.45) is 11.8 Å². The van der Waals surface area contributed by atoms with Gasteiger partial charge in [0.2, 0.25) is 5.91 Å². The maximum Gasteiger partial charge on any atom is 0.407 e. The van der Waals surface area contributed by atoms with E-state index in [1.165, 1.54) is 0 Å². The molecule has 0 aliphatic heterocycles. The lowest BCUT2D eigenvalue weighted by molar-refractivity contribution is -0.144. The molecule has 1 saturated carbocycles. The normalized spacial score (nSPS) is 20.0. The minimum Gasteiger partial charge on any atom is -0.481 e. The van der Waals surface area contributed by atoms with Gasteiger partial charge in [0.25, 0.3) is 0 Å². The van der Waals surface area contributed by atoms with Gasteiger partial charge in [-0.3, -0.25) is 9.59 Å². The third-order valence-corrected chi connectivity index (χ3v) is 7.29. The Kier molecular flexibility index (Phi) is 7.73. The predicted molar refractivity (Wildman–Crippen MR) is 133 cm³/mol. The fraction of sp³-hybridized carbons (Fsp3) is 0.464. The minimum atomic E-state index is -0.868. The van der Waals surface area contributed by atoms with E-state index in [0.29, 0.717) is 12.8 Å². The summed E-state index contributed by atoms with van der Waals surface area (Å²) in [7, 11) is 0. The van der Waals surface area contributed by atoms with Gasteiger partial charge in [-0.2, -0.15) is 0 Å². The van der Waals surface area contributed by atoms with E-state index in [2.05, 4.69) is 34.9 Å². The molecule has 4 rings (SSSR count). The van der Waals surface area contributed by atoms with Crippen molar-refractivity contribution in [3.63, 3.8) is 0 Å². The molecule has 2 aromatic rings. The van der Waals surface area contributed by atoms with Gasteiger partial charge in [-0.15, -0.1) is 0 Å². The molecule has 1 fully saturated rings. The average Bonchev–Trinajstić information content (AvgIpc) is 3.16. The van der Waals surface area contributed by atoms with Crippen LogP contribution in [0.25, 0.3) is 11.1 Å². The van der Waals surface area contributed by atoms with Crippen LogP contribution in [0.3, 0.4) is 0 Å². The van der Waals surface area contributed by atoms with E-state index >= 15 is 0 Å². The number of ether oxygens (including phenoxy) is 1. The second-order valence-electron chi connectivity index (χ2n) is 9.93. The van der Waals surface area contributed by atoms with E-state index in [-0.39, 0.29) is 36.8 Å². The number of hydrogen-bond donors (Lipinski definition) is 3. The molecule has 0 radical (unpaired) electrons. The molecule has 35 heavy (non-hydrogen) atoms. The second kappa shape index (κ2) is 10.9. The zero-order valence-corrected chi connectivity index (χ0v) is 20.3. The number of amides is 2. The van der Waals surface area contributed by atoms with Crippen LogP contribution < -0.4 is 10.6 Å². The van der Waals surface area contributed by atoms with E-state index in [4.69, 9.17) is 4.74 Å². The summed E-state index contributed by atoms with van der Waals surface area (Å²) in [6.45, 7) is 4.07. The molecule has 186 valence electrons. The van der Waals surface area contributed by atoms with Crippen LogP contribution in [0.4, 0.5) is 4.79 Å². The van der Waals surface area contributed by atoms with Crippen molar-refractivity contribution in [2.45, 2.75) is 64.0 Å². The molecule has 7 nitrogen and oxygen atoms in total. The number of aliphatic carboxylic acids is 1. The molecule has 2 unspecified atom stereocenters. The molecular formula is C28H34N2O5. The van der Waals surface area contributed by atoms with Crippen LogP contribution in [0.2, 0.25) is 0 Å². The highest BCUT2D eigenvalue weighted by atomic mass is 16.5. The molecule has 0 bridgehead atoms. The lowest BCUT2D eigenvalue weighted by atomic mass is 9.84. The Labute approximate surface area is 206 Å². The fourth-order valence-corrected chi connectivity index (χ4v) is 5.31. The third-order valence-electron chi connectivity index (χ3n) is 7.29. The van der Waals surface area contributed by atoms with Gasteiger partial charge >= 0.3 is 12.1 Å². The van der Waals surface area contributed by atoms with Gasteiger partial charge in [-0.05, 0) is 41.0 Å². The van der Waals surface area contributed by atoms with Gasteiger partial charge in [0.15, 0.2) is 0 Å². The number of hydrogen-bond acceptors (Lipinski definition) is 4. The quantitative estimate of drug-likeness (QED) is 0.510. The molecule has 7 heteroatoms. The average molecular weight is 479 g/mol. The van der Waals surface area contributed by atoms with Crippen molar-refractivity contribution in [3.8, 4) is 11.1 Å². The van der Waals surface area contributed by atoms with Crippen LogP contribution in [-0.4, -0.2) is 41.8 Å². The first-order valence-corrected chi connectivity index (χ1v) is 12.5. The minimum absolute atomic E-state index is 0.00265. The highest BCUT2D eigenvalue weighted by Crippen LogP contribution is 2.44. The smallest absolute Gasteiger partial charge is 0.407 e. The summed E-state index contributed by atoms with van der Waals surface area (Å²) in [5.41, 5.74) is 4.61. The first kappa shape index (κ1) is 24.8. The first-order valence-electron chi connectivity index (χ1n) is 12.5. The Bertz CT molecular complexity index is 1040. The molecule has 3 atom stereocenters. The van der Waals surface area contributed by atoms with Crippen LogP contribution >= 0.6 is 0 Å². The first-order chi connectivity index (χ1) is 16.8. The molecule has 0 spiro atoms. The summed E-state index contributed by atoms with van der Waals surface area (Å²) in [6.07, 6.45) is 2.52. The number of benzene rings is 2. The Morgan fingerprint density at radius 3 is 2.17 bits per heavy atom. The number of alkyl carbamates (subject to hydrolysis) is 1. The second-order valence-corrected chi connectivity index (χ2v) is 9.93. The summed E-state index contributed by atoms with van der Waals surface area (Å²) in [6, 6.07) is 15.5. The predicted octanol–water partition coefficient (Wildman–Crippen LogP) is 4.70. The number of carboxylic acid groups (broad SMARTS) is 1. The molecule has 0 saturated heterocycles. The molecule has 2 aliphatic carbocycles. The van der Waals surface area contributed by atoms with Gasteiger partial charge in [0.05, 0.1) is 5.92 Å². The molecule has 3 N–H and O–H groups in total. The third kappa shape index (κ3) is 5.66. The molecule has 2 amide bonds. The van der Waals surface area contributed by atoms with Crippen molar-refractivity contribution in [3.05, 3.63) is 59.7 Å². The van der Waals surface area contributed by atoms with Crippen LogP contribution in [0.5, 0.6) is 0 Å². The van der Waals surface area contributed by atoms with Crippen molar-refractivity contribution in [1.29, 1.82) is 0 Å². The van der Waals surface area contributed by atoms with Crippen molar-refractivity contribution < 1.29 is 24.2 Å². The molecule has 2 aromatic carbocycles. The molecule has 2 aliphatic rings. The maximum absolute atomic E-state index is 12.7. The van der Waals surface area contributed by atoms with Gasteiger partial charge in [0.1, 0.15) is 6.61 Å². The van der Waals surface area contributed by atoms with Gasteiger partial charge in [-0.25, -0.2) is 4.79 Å². The van der Waals surface area contributed by atoms with E-state index < -0.39 is 24.0 Å². The van der Waals surface area contributed by atoms with Crippen molar-refractivity contribution in [2.75, 3.05) is 6.61 Å². The van der Waals surface area contributed by atoms with Crippen molar-refractivity contribution >= 4 is 18.0 Å². The van der Waals surface area contributed by atoms with Gasteiger partial charge < -0.3 is 20.5 Å². The molecule has 0 aromatic heterocycles. The van der Waals surface area contributed by atoms with Crippen LogP contribution in [0, 0.1) is 11.8 Å². The summed E-state index contributed by atoms with van der Waals surface area (Å²) >= 11 is 0. The Morgan fingerprint density at radius 2 is 1.57 bits per heavy atom. The number of carbonyl (C=O) groups excluding carboxylic acids is 2. The monoisotopic (exact) mass is 478 g/mol. The number of carboxylic acids is 1. The van der Waals surface area contributed by atoms with Gasteiger partial charge in [-0.1, -0.05) is 75.2 Å². The Hall–Kier alpha value is -3.35. The van der Waals surface area contributed by atoms with E-state index in [9.17, 15) is 19.5 Å². The van der Waals surface area contributed by atoms with E-state index in [0.717, 1.165) is 35.1 Å². The lowest BCUT2D eigenvalue weighted by Crippen LogP contribution is -2.48. The van der Waals surface area contributed by atoms with Gasteiger partial charge in [0, 0.05) is 24.4 Å². The SMILES string of the molecule is CC(C)[C@@H](CC(=O)NC1CCCCC1C(=O)O)NC(=O)OCC1c2ccccc2-c2ccccc21. The summed E-state index contributed by atoms with van der Waals surface area (Å²) in [4.78, 5) is 37.0. The largest absolute Gasteiger partial charge is 0.481 e. The highest BCUT2D eigenvalue weighted by Gasteiger charge is 2.33. The zero-order valence-electron chi connectivity index (χ0n) is 20.3. The number of nitrogens with one attached hydrogen (secondary N) is 2. The Balaban J connectivity index is 1.34.